The molecule has 0 saturated heterocycles. The van der Waals surface area contributed by atoms with Crippen LogP contribution in [0.2, 0.25) is 0 Å². The van der Waals surface area contributed by atoms with E-state index in [1.807, 2.05) is 13.8 Å². The molecule has 0 spiro atoms. The molecule has 0 aromatic rings. The molecule has 0 aliphatic heterocycles. The van der Waals surface area contributed by atoms with E-state index in [1.54, 1.807) is 0 Å². The van der Waals surface area contributed by atoms with E-state index >= 15 is 0 Å². The molecule has 2 nitrogen and oxygen atoms in total. The highest BCUT2D eigenvalue weighted by Gasteiger charge is 2.14. The zero-order valence-corrected chi connectivity index (χ0v) is 6.35. The van der Waals surface area contributed by atoms with E-state index in [9.17, 15) is 0 Å². The largest absolute Gasteiger partial charge is 0.396 e. The Morgan fingerprint density at radius 1 is 1.44 bits per heavy atom. The summed E-state index contributed by atoms with van der Waals surface area (Å²) in [6.07, 6.45) is 2.02. The summed E-state index contributed by atoms with van der Waals surface area (Å²) in [6.45, 7) is 5.07. The first-order valence-electron chi connectivity index (χ1n) is 3.43. The maximum atomic E-state index is 8.78. The van der Waals surface area contributed by atoms with Crippen molar-refractivity contribution in [2.45, 2.75) is 26.7 Å². The molecule has 2 heteroatoms. The van der Waals surface area contributed by atoms with E-state index in [0.29, 0.717) is 0 Å². The van der Waals surface area contributed by atoms with Crippen LogP contribution in [0.1, 0.15) is 26.7 Å². The van der Waals surface area contributed by atoms with Gasteiger partial charge in [0.1, 0.15) is 0 Å². The third-order valence-electron chi connectivity index (χ3n) is 1.49. The summed E-state index contributed by atoms with van der Waals surface area (Å²) in [5.41, 5.74) is 5.38. The Hall–Kier alpha value is -0.0800. The number of hydrogen-bond acceptors (Lipinski definition) is 2. The summed E-state index contributed by atoms with van der Waals surface area (Å²) in [7, 11) is 0. The molecular weight excluding hydrogens is 114 g/mol. The van der Waals surface area contributed by atoms with Gasteiger partial charge in [-0.25, -0.2) is 0 Å². The van der Waals surface area contributed by atoms with Crippen LogP contribution in [0.3, 0.4) is 0 Å². The molecule has 3 N–H and O–H groups in total. The smallest absolute Gasteiger partial charge is 0.0482 e. The fourth-order valence-electron chi connectivity index (χ4n) is 0.660. The molecule has 0 rings (SSSR count). The van der Waals surface area contributed by atoms with Gasteiger partial charge in [-0.2, -0.15) is 0 Å². The fourth-order valence-corrected chi connectivity index (χ4v) is 0.660. The van der Waals surface area contributed by atoms with Gasteiger partial charge in [-0.05, 0) is 24.8 Å². The molecule has 0 radical (unpaired) electrons. The van der Waals surface area contributed by atoms with Crippen LogP contribution in [0.4, 0.5) is 0 Å². The number of rotatable bonds is 4. The van der Waals surface area contributed by atoms with E-state index in [0.717, 1.165) is 19.4 Å². The fraction of sp³-hybridized carbons (Fsp3) is 1.00. The lowest BCUT2D eigenvalue weighted by Crippen LogP contribution is -2.17. The molecule has 0 aliphatic rings. The van der Waals surface area contributed by atoms with Gasteiger partial charge in [0.2, 0.25) is 0 Å². The van der Waals surface area contributed by atoms with E-state index in [2.05, 4.69) is 0 Å². The first-order chi connectivity index (χ1) is 4.12. The lowest BCUT2D eigenvalue weighted by Gasteiger charge is -2.20. The van der Waals surface area contributed by atoms with E-state index < -0.39 is 0 Å². The molecule has 9 heavy (non-hydrogen) atoms. The Balaban J connectivity index is 3.33. The van der Waals surface area contributed by atoms with Crippen LogP contribution in [0.25, 0.3) is 0 Å². The molecule has 0 heterocycles. The van der Waals surface area contributed by atoms with Crippen LogP contribution < -0.4 is 5.73 Å². The summed E-state index contributed by atoms with van der Waals surface area (Å²) < 4.78 is 0. The quantitative estimate of drug-likeness (QED) is 0.591. The Morgan fingerprint density at radius 3 is 2.33 bits per heavy atom. The number of aliphatic hydroxyl groups excluding tert-OH is 1. The summed E-state index contributed by atoms with van der Waals surface area (Å²) in [5.74, 6) is 0. The van der Waals surface area contributed by atoms with Gasteiger partial charge in [0.15, 0.2) is 0 Å². The Kier molecular flexibility index (Phi) is 3.82. The molecule has 0 amide bonds. The van der Waals surface area contributed by atoms with Gasteiger partial charge in [-0.15, -0.1) is 0 Å². The zero-order chi connectivity index (χ0) is 7.33. The van der Waals surface area contributed by atoms with Crippen molar-refractivity contribution in [3.8, 4) is 0 Å². The van der Waals surface area contributed by atoms with E-state index in [4.69, 9.17) is 10.8 Å². The van der Waals surface area contributed by atoms with Crippen molar-refractivity contribution >= 4 is 0 Å². The Bertz CT molecular complexity index is 71.3. The van der Waals surface area contributed by atoms with Crippen molar-refractivity contribution in [1.82, 2.24) is 0 Å². The number of hydrogen-bond donors (Lipinski definition) is 2. The van der Waals surface area contributed by atoms with Gasteiger partial charge >= 0.3 is 0 Å². The molecule has 0 unspecified atom stereocenters. The second-order valence-corrected chi connectivity index (χ2v) is 3.21. The molecule has 0 aromatic carbocycles. The van der Waals surface area contributed by atoms with Crippen LogP contribution in [-0.2, 0) is 0 Å². The third-order valence-corrected chi connectivity index (χ3v) is 1.49. The lowest BCUT2D eigenvalue weighted by molar-refractivity contribution is 0.149. The first-order valence-corrected chi connectivity index (χ1v) is 3.43. The molecule has 0 saturated carbocycles. The van der Waals surface area contributed by atoms with Gasteiger partial charge in [0, 0.05) is 6.61 Å². The van der Waals surface area contributed by atoms with Crippen LogP contribution in [0.15, 0.2) is 0 Å². The lowest BCUT2D eigenvalue weighted by atomic mass is 9.89. The van der Waals surface area contributed by atoms with Crippen LogP contribution in [-0.4, -0.2) is 18.3 Å². The third kappa shape index (κ3) is 4.43. The average Bonchev–Trinajstić information content (AvgIpc) is 1.84. The topological polar surface area (TPSA) is 46.2 Å². The van der Waals surface area contributed by atoms with Gasteiger partial charge in [0.05, 0.1) is 0 Å². The van der Waals surface area contributed by atoms with Gasteiger partial charge in [0.25, 0.3) is 0 Å². The first kappa shape index (κ1) is 8.92. The summed E-state index contributed by atoms with van der Waals surface area (Å²) in [4.78, 5) is 0. The standard InChI is InChI=1S/C7H17NO/c1-7(2,6-9)4-3-5-8/h9H,3-6,8H2,1-2H3. The van der Waals surface area contributed by atoms with Crippen LogP contribution in [0.5, 0.6) is 0 Å². The minimum Gasteiger partial charge on any atom is -0.396 e. The second-order valence-electron chi connectivity index (χ2n) is 3.21. The highest BCUT2D eigenvalue weighted by atomic mass is 16.3. The maximum Gasteiger partial charge on any atom is 0.0482 e. The Morgan fingerprint density at radius 2 is 2.00 bits per heavy atom. The van der Waals surface area contributed by atoms with Crippen molar-refractivity contribution in [3.63, 3.8) is 0 Å². The van der Waals surface area contributed by atoms with Gasteiger partial charge in [-0.1, -0.05) is 13.8 Å². The van der Waals surface area contributed by atoms with Crippen molar-refractivity contribution in [1.29, 1.82) is 0 Å². The van der Waals surface area contributed by atoms with Gasteiger partial charge < -0.3 is 10.8 Å². The molecule has 0 aromatic heterocycles. The molecule has 0 bridgehead atoms. The minimum atomic E-state index is 0.0688. The van der Waals surface area contributed by atoms with E-state index in [1.165, 1.54) is 0 Å². The van der Waals surface area contributed by atoms with Crippen molar-refractivity contribution in [3.05, 3.63) is 0 Å². The molecular formula is C7H17NO. The number of nitrogens with two attached hydrogens (primary N) is 1. The predicted octanol–water partition coefficient (Wildman–Crippen LogP) is 0.744. The van der Waals surface area contributed by atoms with Crippen molar-refractivity contribution in [2.75, 3.05) is 13.2 Å². The average molecular weight is 131 g/mol. The Labute approximate surface area is 57.1 Å². The molecule has 0 aliphatic carbocycles. The summed E-state index contributed by atoms with van der Waals surface area (Å²) in [6, 6.07) is 0. The normalized spacial score (nSPS) is 12.0. The highest BCUT2D eigenvalue weighted by Crippen LogP contribution is 2.19. The highest BCUT2D eigenvalue weighted by molar-refractivity contribution is 4.66. The summed E-state index contributed by atoms with van der Waals surface area (Å²) in [5, 5.41) is 8.78. The SMILES string of the molecule is CC(C)(CO)CCCN. The molecule has 56 valence electrons. The summed E-state index contributed by atoms with van der Waals surface area (Å²) >= 11 is 0. The van der Waals surface area contributed by atoms with E-state index in [-0.39, 0.29) is 12.0 Å². The number of aliphatic hydroxyl groups is 1. The van der Waals surface area contributed by atoms with Crippen LogP contribution >= 0.6 is 0 Å². The monoisotopic (exact) mass is 131 g/mol. The molecule has 0 fully saturated rings. The second kappa shape index (κ2) is 3.85. The van der Waals surface area contributed by atoms with Gasteiger partial charge in [-0.3, -0.25) is 0 Å². The van der Waals surface area contributed by atoms with Crippen molar-refractivity contribution < 1.29 is 5.11 Å². The zero-order valence-electron chi connectivity index (χ0n) is 6.35. The van der Waals surface area contributed by atoms with Crippen molar-refractivity contribution in [2.24, 2.45) is 11.1 Å². The minimum absolute atomic E-state index is 0.0688. The predicted molar refractivity (Wildman–Crippen MR) is 39.2 cm³/mol. The van der Waals surface area contributed by atoms with Crippen LogP contribution in [0, 0.1) is 5.41 Å². The molecule has 0 atom stereocenters. The maximum absolute atomic E-state index is 8.78.